The van der Waals surface area contributed by atoms with E-state index in [4.69, 9.17) is 21.9 Å². The number of carbonyl (C=O) groups excluding carboxylic acids is 1. The second-order valence-electron chi connectivity index (χ2n) is 10.7. The van der Waals surface area contributed by atoms with Crippen LogP contribution in [0.2, 0.25) is 0 Å². The first-order valence-electron chi connectivity index (χ1n) is 13.8. The van der Waals surface area contributed by atoms with E-state index in [1.54, 1.807) is 52.1 Å². The number of H-pyrrole nitrogens is 1. The minimum Gasteiger partial charge on any atom is -0.493 e. The van der Waals surface area contributed by atoms with Gasteiger partial charge in [0.15, 0.2) is 10.6 Å². The third kappa shape index (κ3) is 4.96. The number of aryl methyl sites for hydroxylation is 2. The molecule has 0 radical (unpaired) electrons. The summed E-state index contributed by atoms with van der Waals surface area (Å²) in [5.41, 5.74) is -1.28. The highest BCUT2D eigenvalue weighted by Crippen LogP contribution is 2.41. The fourth-order valence-electron chi connectivity index (χ4n) is 5.36. The lowest BCUT2D eigenvalue weighted by Crippen LogP contribution is -2.44. The molecule has 1 amide bonds. The number of aromatic amines is 1. The maximum atomic E-state index is 13.7. The van der Waals surface area contributed by atoms with Crippen LogP contribution >= 0.6 is 12.2 Å². The molecule has 228 valence electrons. The highest BCUT2D eigenvalue weighted by molar-refractivity contribution is 7.81. The molecule has 1 aliphatic rings. The van der Waals surface area contributed by atoms with Gasteiger partial charge in [-0.15, -0.1) is 0 Å². The van der Waals surface area contributed by atoms with Crippen molar-refractivity contribution in [2.45, 2.75) is 52.3 Å². The summed E-state index contributed by atoms with van der Waals surface area (Å²) in [7, 11) is 1.68. The van der Waals surface area contributed by atoms with Crippen LogP contribution in [0.5, 0.6) is 5.75 Å². The molecule has 1 saturated heterocycles. The number of aromatic nitrogens is 4. The van der Waals surface area contributed by atoms with Crippen LogP contribution in [0.4, 0.5) is 24.5 Å². The molecule has 3 heterocycles. The molecule has 14 heteroatoms. The topological polar surface area (TPSA) is 120 Å². The fraction of sp³-hybridized carbons (Fsp3) is 0.333. The third-order valence-corrected chi connectivity index (χ3v) is 7.75. The van der Waals surface area contributed by atoms with Gasteiger partial charge in [0.1, 0.15) is 22.6 Å². The number of carbonyl (C=O) groups is 1. The number of thiocarbonyl (C=S) groups is 1. The monoisotopic (exact) mass is 623 g/mol. The van der Waals surface area contributed by atoms with Crippen LogP contribution in [-0.2, 0) is 24.4 Å². The minimum absolute atomic E-state index is 0.0673. The molecule has 0 spiro atoms. The highest BCUT2D eigenvalue weighted by atomic mass is 32.1. The summed E-state index contributed by atoms with van der Waals surface area (Å²) in [4.78, 5) is 37.0. The molecular formula is C30H28F3N7O3S. The van der Waals surface area contributed by atoms with Gasteiger partial charge in [-0.05, 0) is 75.8 Å². The molecule has 44 heavy (non-hydrogen) atoms. The predicted octanol–water partition coefficient (Wildman–Crippen LogP) is 5.48. The number of alkyl halides is 3. The van der Waals surface area contributed by atoms with Gasteiger partial charge in [0, 0.05) is 12.7 Å². The Morgan fingerprint density at radius 3 is 2.45 bits per heavy atom. The van der Waals surface area contributed by atoms with Crippen molar-refractivity contribution in [3.63, 3.8) is 0 Å². The Balaban J connectivity index is 1.65. The van der Waals surface area contributed by atoms with Crippen molar-refractivity contribution in [2.75, 3.05) is 16.4 Å². The van der Waals surface area contributed by atoms with Crippen LogP contribution in [-0.4, -0.2) is 42.9 Å². The average Bonchev–Trinajstić information content (AvgIpc) is 3.37. The number of fused-ring (bicyclic) bond motifs is 1. The van der Waals surface area contributed by atoms with Crippen molar-refractivity contribution >= 4 is 45.6 Å². The van der Waals surface area contributed by atoms with Crippen molar-refractivity contribution in [1.82, 2.24) is 19.7 Å². The lowest BCUT2D eigenvalue weighted by Gasteiger charge is -2.30. The fourth-order valence-corrected chi connectivity index (χ4v) is 5.88. The predicted molar refractivity (Wildman–Crippen MR) is 163 cm³/mol. The van der Waals surface area contributed by atoms with Crippen LogP contribution in [0.25, 0.3) is 22.4 Å². The van der Waals surface area contributed by atoms with Gasteiger partial charge in [0.25, 0.3) is 11.5 Å². The van der Waals surface area contributed by atoms with E-state index in [1.165, 1.54) is 15.6 Å². The number of anilines is 2. The van der Waals surface area contributed by atoms with E-state index < -0.39 is 34.3 Å². The summed E-state index contributed by atoms with van der Waals surface area (Å²) in [5, 5.41) is 13.6. The Labute approximate surface area is 255 Å². The molecule has 1 aliphatic heterocycles. The number of rotatable bonds is 7. The van der Waals surface area contributed by atoms with Gasteiger partial charge in [-0.1, -0.05) is 13.3 Å². The zero-order chi connectivity index (χ0) is 32.1. The first-order valence-corrected chi connectivity index (χ1v) is 14.2. The number of hydrogen-bond donors (Lipinski definition) is 1. The summed E-state index contributed by atoms with van der Waals surface area (Å²) in [6.45, 7) is 7.32. The molecule has 0 bridgehead atoms. The van der Waals surface area contributed by atoms with Crippen LogP contribution in [0.1, 0.15) is 50.9 Å². The number of benzene rings is 2. The molecule has 0 saturated carbocycles. The molecular weight excluding hydrogens is 595 g/mol. The molecule has 1 fully saturated rings. The average molecular weight is 624 g/mol. The van der Waals surface area contributed by atoms with E-state index in [0.717, 1.165) is 23.5 Å². The summed E-state index contributed by atoms with van der Waals surface area (Å²) in [5.74, 6) is 0.0575. The Hall–Kier alpha value is -4.77. The summed E-state index contributed by atoms with van der Waals surface area (Å²) in [6.07, 6.45) is -3.41. The highest BCUT2D eigenvalue weighted by Gasteiger charge is 2.51. The van der Waals surface area contributed by atoms with Crippen molar-refractivity contribution in [1.29, 1.82) is 5.26 Å². The summed E-state index contributed by atoms with van der Waals surface area (Å²) in [6, 6.07) is 9.55. The molecule has 0 unspecified atom stereocenters. The van der Waals surface area contributed by atoms with E-state index in [0.29, 0.717) is 46.8 Å². The van der Waals surface area contributed by atoms with Crippen LogP contribution in [0.15, 0.2) is 41.2 Å². The first-order chi connectivity index (χ1) is 20.7. The Bertz CT molecular complexity index is 1920. The molecule has 0 atom stereocenters. The summed E-state index contributed by atoms with van der Waals surface area (Å²) >= 11 is 5.70. The van der Waals surface area contributed by atoms with Gasteiger partial charge in [-0.25, -0.2) is 4.98 Å². The number of hydrogen-bond acceptors (Lipinski definition) is 7. The second-order valence-corrected chi connectivity index (χ2v) is 11.1. The SMILES string of the molecule is CCCc1nn(C)c2c(=O)[nH]c(-c3cc(N4C(=S)N(c5ccc(C#N)c(C(F)(F)F)c5)C(=O)C4(C)C)ccc3OCC)nc12. The second kappa shape index (κ2) is 11.1. The lowest BCUT2D eigenvalue weighted by atomic mass is 10.0. The smallest absolute Gasteiger partial charge is 0.417 e. The van der Waals surface area contributed by atoms with E-state index in [1.807, 2.05) is 6.92 Å². The van der Waals surface area contributed by atoms with E-state index >= 15 is 0 Å². The largest absolute Gasteiger partial charge is 0.493 e. The Morgan fingerprint density at radius 2 is 1.82 bits per heavy atom. The molecule has 1 N–H and O–H groups in total. The molecule has 4 aromatic rings. The zero-order valence-electron chi connectivity index (χ0n) is 24.5. The number of nitriles is 1. The number of amides is 1. The quantitative estimate of drug-likeness (QED) is 0.269. The number of nitrogens with zero attached hydrogens (tertiary/aromatic N) is 6. The maximum absolute atomic E-state index is 13.7. The van der Waals surface area contributed by atoms with E-state index in [9.17, 15) is 28.0 Å². The van der Waals surface area contributed by atoms with Gasteiger partial charge < -0.3 is 14.6 Å². The van der Waals surface area contributed by atoms with Crippen LogP contribution in [0, 0.1) is 11.3 Å². The van der Waals surface area contributed by atoms with Crippen molar-refractivity contribution in [3.8, 4) is 23.2 Å². The lowest BCUT2D eigenvalue weighted by molar-refractivity contribution is -0.137. The maximum Gasteiger partial charge on any atom is 0.417 e. The van der Waals surface area contributed by atoms with E-state index in [2.05, 4.69) is 10.1 Å². The number of nitrogens with one attached hydrogen (secondary N) is 1. The van der Waals surface area contributed by atoms with Crippen molar-refractivity contribution < 1.29 is 22.7 Å². The van der Waals surface area contributed by atoms with Gasteiger partial charge in [0.05, 0.1) is 40.7 Å². The normalized spacial score (nSPS) is 14.9. The van der Waals surface area contributed by atoms with Gasteiger partial charge in [0.2, 0.25) is 0 Å². The van der Waals surface area contributed by atoms with Gasteiger partial charge in [-0.2, -0.15) is 23.5 Å². The van der Waals surface area contributed by atoms with Crippen LogP contribution in [0.3, 0.4) is 0 Å². The van der Waals surface area contributed by atoms with Crippen LogP contribution < -0.4 is 20.1 Å². The molecule has 5 rings (SSSR count). The van der Waals surface area contributed by atoms with Gasteiger partial charge >= 0.3 is 6.18 Å². The third-order valence-electron chi connectivity index (χ3n) is 7.38. The molecule has 2 aromatic heterocycles. The molecule has 2 aromatic carbocycles. The Morgan fingerprint density at radius 1 is 1.11 bits per heavy atom. The summed E-state index contributed by atoms with van der Waals surface area (Å²) < 4.78 is 48.6. The minimum atomic E-state index is -4.82. The number of ether oxygens (including phenoxy) is 1. The van der Waals surface area contributed by atoms with Crippen molar-refractivity contribution in [3.05, 3.63) is 63.6 Å². The zero-order valence-corrected chi connectivity index (χ0v) is 25.4. The van der Waals surface area contributed by atoms with E-state index in [-0.39, 0.29) is 16.6 Å². The molecule has 10 nitrogen and oxygen atoms in total. The van der Waals surface area contributed by atoms with Gasteiger partial charge in [-0.3, -0.25) is 19.2 Å². The number of halogens is 3. The Kier molecular flexibility index (Phi) is 7.71. The molecule has 0 aliphatic carbocycles. The first kappa shape index (κ1) is 30.7. The standard InChI is InChI=1S/C30H28F3N7O3S/c1-6-8-21-23-24(38(5)37-21)26(41)36-25(35-23)19-13-18(11-12-22(19)43-7-2)40-28(44)39(27(42)29(40,3)4)17-10-9-16(15-34)20(14-17)30(31,32)33/h9-14H,6-8H2,1-5H3,(H,35,36,41). The van der Waals surface area contributed by atoms with Crippen molar-refractivity contribution in [2.24, 2.45) is 7.05 Å².